The molecule has 0 fully saturated rings. The van der Waals surface area contributed by atoms with Gasteiger partial charge in [0, 0.05) is 0 Å². The van der Waals surface area contributed by atoms with E-state index in [0.717, 1.165) is 19.3 Å². The van der Waals surface area contributed by atoms with Crippen molar-refractivity contribution < 1.29 is 0 Å². The van der Waals surface area contributed by atoms with Crippen LogP contribution >= 0.6 is 0 Å². The van der Waals surface area contributed by atoms with Gasteiger partial charge in [-0.3, -0.25) is 4.90 Å². The van der Waals surface area contributed by atoms with Crippen LogP contribution in [0.25, 0.3) is 0 Å². The first-order valence-corrected chi connectivity index (χ1v) is 7.17. The second kappa shape index (κ2) is 12.9. The Hall–Kier alpha value is -1.57. The van der Waals surface area contributed by atoms with Crippen LogP contribution in [0.2, 0.25) is 0 Å². The van der Waals surface area contributed by atoms with Gasteiger partial charge in [0.25, 0.3) is 0 Å². The van der Waals surface area contributed by atoms with Gasteiger partial charge in [-0.15, -0.1) is 0 Å². The Morgan fingerprint density at radius 2 is 1.37 bits per heavy atom. The van der Waals surface area contributed by atoms with E-state index in [1.165, 1.54) is 32.1 Å². The molecule has 0 aliphatic heterocycles. The minimum absolute atomic E-state index is 0.155. The Morgan fingerprint density at radius 1 is 0.842 bits per heavy atom. The van der Waals surface area contributed by atoms with Gasteiger partial charge in [0.15, 0.2) is 0 Å². The maximum atomic E-state index is 9.11. The van der Waals surface area contributed by atoms with E-state index in [2.05, 4.69) is 13.0 Å². The van der Waals surface area contributed by atoms with Crippen molar-refractivity contribution >= 4 is 0 Å². The molecule has 0 amide bonds. The Kier molecular flexibility index (Phi) is 11.8. The van der Waals surface area contributed by atoms with Crippen LogP contribution in [-0.4, -0.2) is 24.0 Å². The summed E-state index contributed by atoms with van der Waals surface area (Å²) in [7, 11) is 0. The van der Waals surface area contributed by atoms with E-state index >= 15 is 0 Å². The monoisotopic (exact) mass is 260 g/mol. The number of hydrogen-bond donors (Lipinski definition) is 0. The molecule has 0 aromatic heterocycles. The zero-order valence-corrected chi connectivity index (χ0v) is 11.9. The van der Waals surface area contributed by atoms with Crippen molar-refractivity contribution in [2.24, 2.45) is 0 Å². The molecule has 0 saturated carbocycles. The second-order valence-corrected chi connectivity index (χ2v) is 4.78. The van der Waals surface area contributed by atoms with Gasteiger partial charge >= 0.3 is 0 Å². The van der Waals surface area contributed by atoms with Gasteiger partial charge < -0.3 is 0 Å². The smallest absolute Gasteiger partial charge is 0.0994 e. The van der Waals surface area contributed by atoms with E-state index in [0.29, 0.717) is 0 Å². The quantitative estimate of drug-likeness (QED) is 0.421. The fraction of sp³-hybridized carbons (Fsp3) is 0.800. The van der Waals surface area contributed by atoms with Gasteiger partial charge in [0.05, 0.1) is 37.3 Å². The van der Waals surface area contributed by atoms with E-state index in [9.17, 15) is 0 Å². The van der Waals surface area contributed by atoms with Crippen LogP contribution in [-0.2, 0) is 0 Å². The molecule has 0 aromatic rings. The van der Waals surface area contributed by atoms with Gasteiger partial charge in [-0.25, -0.2) is 0 Å². The normalized spacial score (nSPS) is 11.5. The van der Waals surface area contributed by atoms with Crippen molar-refractivity contribution in [2.45, 2.75) is 64.3 Å². The van der Waals surface area contributed by atoms with Crippen LogP contribution in [0.4, 0.5) is 0 Å². The van der Waals surface area contributed by atoms with E-state index in [-0.39, 0.29) is 19.1 Å². The summed E-state index contributed by atoms with van der Waals surface area (Å²) in [6.07, 6.45) is 9.24. The minimum Gasteiger partial charge on any atom is -0.261 e. The Labute approximate surface area is 117 Å². The molecule has 0 aromatic carbocycles. The second-order valence-electron chi connectivity index (χ2n) is 4.78. The van der Waals surface area contributed by atoms with Crippen LogP contribution in [0.15, 0.2) is 0 Å². The molecule has 0 aliphatic rings. The molecule has 4 heteroatoms. The standard InChI is InChI=1S/C15H24N4/c1-2-3-4-5-6-7-8-9-15(14-18)19(12-10-16)13-11-17/h15H,2-9,12-13H2,1H3/t15-/m0/s1. The first-order valence-electron chi connectivity index (χ1n) is 7.17. The van der Waals surface area contributed by atoms with Crippen LogP contribution in [0.1, 0.15) is 58.3 Å². The summed E-state index contributed by atoms with van der Waals surface area (Å²) in [6.45, 7) is 2.51. The number of nitriles is 3. The van der Waals surface area contributed by atoms with Crippen LogP contribution in [0, 0.1) is 34.0 Å². The van der Waals surface area contributed by atoms with Crippen molar-refractivity contribution in [3.8, 4) is 18.2 Å². The molecule has 0 N–H and O–H groups in total. The average molecular weight is 260 g/mol. The van der Waals surface area contributed by atoms with E-state index in [4.69, 9.17) is 15.8 Å². The van der Waals surface area contributed by atoms with Crippen molar-refractivity contribution in [1.82, 2.24) is 4.90 Å². The SMILES string of the molecule is CCCCCCCCC[C@@H](C#N)N(CC#N)CC#N. The third kappa shape index (κ3) is 9.06. The first kappa shape index (κ1) is 17.4. The zero-order valence-electron chi connectivity index (χ0n) is 11.9. The highest BCUT2D eigenvalue weighted by molar-refractivity contribution is 4.97. The Bertz CT molecular complexity index is 316. The summed E-state index contributed by atoms with van der Waals surface area (Å²) in [5.41, 5.74) is 0. The number of nitrogens with zero attached hydrogens (tertiary/aromatic N) is 4. The topological polar surface area (TPSA) is 74.6 Å². The lowest BCUT2D eigenvalue weighted by Gasteiger charge is -2.21. The van der Waals surface area contributed by atoms with Gasteiger partial charge in [-0.1, -0.05) is 51.9 Å². The minimum atomic E-state index is -0.296. The predicted molar refractivity (Wildman–Crippen MR) is 74.8 cm³/mol. The Morgan fingerprint density at radius 3 is 1.84 bits per heavy atom. The molecular formula is C15H24N4. The van der Waals surface area contributed by atoms with Crippen molar-refractivity contribution in [3.05, 3.63) is 0 Å². The molecule has 0 bridgehead atoms. The lowest BCUT2D eigenvalue weighted by Crippen LogP contribution is -2.35. The third-order valence-corrected chi connectivity index (χ3v) is 3.22. The van der Waals surface area contributed by atoms with E-state index < -0.39 is 0 Å². The molecule has 1 atom stereocenters. The highest BCUT2D eigenvalue weighted by atomic mass is 15.1. The molecule has 0 radical (unpaired) electrons. The summed E-state index contributed by atoms with van der Waals surface area (Å²) in [5.74, 6) is 0. The van der Waals surface area contributed by atoms with Crippen LogP contribution in [0.5, 0.6) is 0 Å². The highest BCUT2D eigenvalue weighted by Gasteiger charge is 2.16. The molecule has 19 heavy (non-hydrogen) atoms. The zero-order chi connectivity index (χ0) is 14.3. The van der Waals surface area contributed by atoms with Crippen molar-refractivity contribution in [2.75, 3.05) is 13.1 Å². The average Bonchev–Trinajstić information content (AvgIpc) is 2.42. The summed E-state index contributed by atoms with van der Waals surface area (Å²) in [4.78, 5) is 1.65. The predicted octanol–water partition coefficient (Wildman–Crippen LogP) is 3.37. The summed E-state index contributed by atoms with van der Waals surface area (Å²) in [6, 6.07) is 5.94. The number of unbranched alkanes of at least 4 members (excludes halogenated alkanes) is 6. The molecule has 0 saturated heterocycles. The summed E-state index contributed by atoms with van der Waals surface area (Å²) < 4.78 is 0. The maximum absolute atomic E-state index is 9.11. The Balaban J connectivity index is 3.84. The molecule has 4 nitrogen and oxygen atoms in total. The van der Waals surface area contributed by atoms with E-state index in [1.807, 2.05) is 12.1 Å². The fourth-order valence-electron chi connectivity index (χ4n) is 2.08. The fourth-order valence-corrected chi connectivity index (χ4v) is 2.08. The maximum Gasteiger partial charge on any atom is 0.0994 e. The third-order valence-electron chi connectivity index (χ3n) is 3.22. The molecule has 0 heterocycles. The molecule has 0 spiro atoms. The van der Waals surface area contributed by atoms with Gasteiger partial charge in [0.1, 0.15) is 0 Å². The number of hydrogen-bond acceptors (Lipinski definition) is 4. The van der Waals surface area contributed by atoms with Crippen LogP contribution in [0.3, 0.4) is 0 Å². The molecular weight excluding hydrogens is 236 g/mol. The molecule has 0 aliphatic carbocycles. The highest BCUT2D eigenvalue weighted by Crippen LogP contribution is 2.12. The lowest BCUT2D eigenvalue weighted by molar-refractivity contribution is 0.275. The van der Waals surface area contributed by atoms with Gasteiger partial charge in [0.2, 0.25) is 0 Å². The van der Waals surface area contributed by atoms with Crippen molar-refractivity contribution in [3.63, 3.8) is 0 Å². The van der Waals surface area contributed by atoms with E-state index in [1.54, 1.807) is 4.90 Å². The summed E-state index contributed by atoms with van der Waals surface area (Å²) in [5, 5.41) is 26.5. The van der Waals surface area contributed by atoms with Crippen LogP contribution < -0.4 is 0 Å². The first-order chi connectivity index (χ1) is 9.29. The van der Waals surface area contributed by atoms with Gasteiger partial charge in [-0.05, 0) is 6.42 Å². The molecule has 0 unspecified atom stereocenters. The number of rotatable bonds is 11. The molecule has 104 valence electrons. The summed E-state index contributed by atoms with van der Waals surface area (Å²) >= 11 is 0. The largest absolute Gasteiger partial charge is 0.261 e. The van der Waals surface area contributed by atoms with Gasteiger partial charge in [-0.2, -0.15) is 15.8 Å². The van der Waals surface area contributed by atoms with Crippen molar-refractivity contribution in [1.29, 1.82) is 15.8 Å². The molecule has 0 rings (SSSR count). The lowest BCUT2D eigenvalue weighted by atomic mass is 10.0.